The molecule has 6 heteroatoms. The van der Waals surface area contributed by atoms with Gasteiger partial charge in [-0.2, -0.15) is 13.2 Å². The van der Waals surface area contributed by atoms with Gasteiger partial charge in [-0.15, -0.1) is 0 Å². The summed E-state index contributed by atoms with van der Waals surface area (Å²) in [5.74, 6) is 0. The van der Waals surface area contributed by atoms with E-state index in [2.05, 4.69) is 4.74 Å². The van der Waals surface area contributed by atoms with Gasteiger partial charge in [-0.25, -0.2) is 4.79 Å². The lowest BCUT2D eigenvalue weighted by molar-refractivity contribution is -0.162. The molecule has 0 spiro atoms. The van der Waals surface area contributed by atoms with Gasteiger partial charge < -0.3 is 9.64 Å². The first-order chi connectivity index (χ1) is 8.88. The zero-order chi connectivity index (χ0) is 14.3. The van der Waals surface area contributed by atoms with Crippen molar-refractivity contribution in [1.82, 2.24) is 4.90 Å². The van der Waals surface area contributed by atoms with Crippen molar-refractivity contribution in [2.75, 3.05) is 20.2 Å². The predicted molar refractivity (Wildman–Crippen MR) is 64.8 cm³/mol. The first-order valence-corrected chi connectivity index (χ1v) is 5.87. The smallest absolute Gasteiger partial charge is 0.422 e. The molecule has 0 fully saturated rings. The maximum Gasteiger partial charge on any atom is 0.422 e. The van der Waals surface area contributed by atoms with Crippen molar-refractivity contribution in [2.45, 2.75) is 19.0 Å². The van der Waals surface area contributed by atoms with Crippen molar-refractivity contribution in [3.63, 3.8) is 0 Å². The number of carbonyl (C=O) groups is 1. The molecule has 0 bridgehead atoms. The van der Waals surface area contributed by atoms with E-state index in [0.717, 1.165) is 16.9 Å². The third-order valence-corrected chi connectivity index (χ3v) is 2.47. The Morgan fingerprint density at radius 1 is 1.26 bits per heavy atom. The summed E-state index contributed by atoms with van der Waals surface area (Å²) in [6, 6.07) is 9.65. The van der Waals surface area contributed by atoms with Crippen LogP contribution in [0.2, 0.25) is 0 Å². The molecule has 0 saturated heterocycles. The van der Waals surface area contributed by atoms with Gasteiger partial charge in [0.2, 0.25) is 0 Å². The maximum absolute atomic E-state index is 11.9. The topological polar surface area (TPSA) is 29.5 Å². The average Bonchev–Trinajstić information content (AvgIpc) is 2.36. The van der Waals surface area contributed by atoms with Crippen LogP contribution in [-0.2, 0) is 11.2 Å². The first kappa shape index (κ1) is 15.3. The van der Waals surface area contributed by atoms with Crippen molar-refractivity contribution >= 4 is 6.09 Å². The molecular weight excluding hydrogens is 259 g/mol. The highest BCUT2D eigenvalue weighted by atomic mass is 19.4. The van der Waals surface area contributed by atoms with E-state index in [-0.39, 0.29) is 0 Å². The van der Waals surface area contributed by atoms with Gasteiger partial charge >= 0.3 is 12.3 Å². The molecule has 1 aromatic rings. The van der Waals surface area contributed by atoms with Crippen molar-refractivity contribution < 1.29 is 22.7 Å². The number of nitrogens with zero attached hydrogens (tertiary/aromatic N) is 1. The fourth-order valence-electron chi connectivity index (χ4n) is 1.51. The summed E-state index contributed by atoms with van der Waals surface area (Å²) < 4.78 is 39.7. The lowest BCUT2D eigenvalue weighted by Crippen LogP contribution is -2.31. The average molecular weight is 275 g/mol. The Bertz CT molecular complexity index is 393. The number of carbonyl (C=O) groups excluding carboxylic acids is 1. The minimum absolute atomic E-state index is 0.353. The van der Waals surface area contributed by atoms with Gasteiger partial charge in [-0.3, -0.25) is 0 Å². The number of ether oxygens (including phenoxy) is 1. The van der Waals surface area contributed by atoms with Gasteiger partial charge in [0, 0.05) is 13.6 Å². The van der Waals surface area contributed by atoms with Crippen LogP contribution < -0.4 is 0 Å². The summed E-state index contributed by atoms with van der Waals surface area (Å²) in [6.07, 6.45) is -4.01. The second kappa shape index (κ2) is 7.01. The normalized spacial score (nSPS) is 11.2. The maximum atomic E-state index is 11.9. The number of benzene rings is 1. The van der Waals surface area contributed by atoms with Crippen molar-refractivity contribution in [3.8, 4) is 0 Å². The number of rotatable bonds is 5. The number of alkyl halides is 3. The highest BCUT2D eigenvalue weighted by molar-refractivity contribution is 5.67. The molecule has 0 atom stereocenters. The molecule has 0 radical (unpaired) electrons. The Hall–Kier alpha value is -1.72. The molecule has 1 amide bonds. The van der Waals surface area contributed by atoms with Crippen LogP contribution in [0.4, 0.5) is 18.0 Å². The highest BCUT2D eigenvalue weighted by Crippen LogP contribution is 2.15. The number of amides is 1. The van der Waals surface area contributed by atoms with Crippen molar-refractivity contribution in [3.05, 3.63) is 35.9 Å². The third kappa shape index (κ3) is 6.69. The zero-order valence-corrected chi connectivity index (χ0v) is 10.6. The number of hydrogen-bond acceptors (Lipinski definition) is 2. The summed E-state index contributed by atoms with van der Waals surface area (Å²) in [5.41, 5.74) is 1.12. The van der Waals surface area contributed by atoms with Crippen LogP contribution in [0, 0.1) is 0 Å². The molecule has 1 rings (SSSR count). The molecule has 106 valence electrons. The van der Waals surface area contributed by atoms with E-state index in [1.165, 1.54) is 7.05 Å². The fourth-order valence-corrected chi connectivity index (χ4v) is 1.51. The van der Waals surface area contributed by atoms with Gasteiger partial charge in [0.25, 0.3) is 0 Å². The molecule has 0 N–H and O–H groups in total. The lowest BCUT2D eigenvalue weighted by Gasteiger charge is -2.17. The Balaban J connectivity index is 2.23. The minimum atomic E-state index is -4.49. The molecular formula is C13H16F3NO2. The van der Waals surface area contributed by atoms with Gasteiger partial charge in [-0.05, 0) is 18.4 Å². The van der Waals surface area contributed by atoms with Crippen LogP contribution in [0.1, 0.15) is 12.0 Å². The summed E-state index contributed by atoms with van der Waals surface area (Å²) in [5, 5.41) is 0. The standard InChI is InChI=1S/C13H16F3NO2/c1-17(12(18)19-10-13(14,15)16)9-5-8-11-6-3-2-4-7-11/h2-4,6-7H,5,8-10H2,1H3. The summed E-state index contributed by atoms with van der Waals surface area (Å²) in [4.78, 5) is 12.4. The zero-order valence-electron chi connectivity index (χ0n) is 10.6. The molecule has 0 saturated carbocycles. The second-order valence-corrected chi connectivity index (χ2v) is 4.18. The fraction of sp³-hybridized carbons (Fsp3) is 0.462. The number of hydrogen-bond donors (Lipinski definition) is 0. The van der Waals surface area contributed by atoms with Crippen LogP contribution in [0.5, 0.6) is 0 Å². The van der Waals surface area contributed by atoms with Crippen LogP contribution in [0.3, 0.4) is 0 Å². The van der Waals surface area contributed by atoms with E-state index in [9.17, 15) is 18.0 Å². The van der Waals surface area contributed by atoms with E-state index in [0.29, 0.717) is 13.0 Å². The van der Waals surface area contributed by atoms with E-state index in [1.807, 2.05) is 30.3 Å². The molecule has 0 aromatic heterocycles. The Kier molecular flexibility index (Phi) is 5.66. The molecule has 0 unspecified atom stereocenters. The predicted octanol–water partition coefficient (Wildman–Crippen LogP) is 3.25. The monoisotopic (exact) mass is 275 g/mol. The first-order valence-electron chi connectivity index (χ1n) is 5.87. The number of halogens is 3. The largest absolute Gasteiger partial charge is 0.440 e. The van der Waals surface area contributed by atoms with Gasteiger partial charge in [0.15, 0.2) is 6.61 Å². The highest BCUT2D eigenvalue weighted by Gasteiger charge is 2.30. The third-order valence-electron chi connectivity index (χ3n) is 2.47. The van der Waals surface area contributed by atoms with Crippen LogP contribution >= 0.6 is 0 Å². The molecule has 0 aliphatic carbocycles. The SMILES string of the molecule is CN(CCCc1ccccc1)C(=O)OCC(F)(F)F. The van der Waals surface area contributed by atoms with E-state index < -0.39 is 18.9 Å². The summed E-state index contributed by atoms with van der Waals surface area (Å²) in [6.45, 7) is -1.19. The molecule has 1 aromatic carbocycles. The van der Waals surface area contributed by atoms with E-state index in [1.54, 1.807) is 0 Å². The molecule has 0 aliphatic rings. The van der Waals surface area contributed by atoms with Crippen molar-refractivity contribution in [1.29, 1.82) is 0 Å². The minimum Gasteiger partial charge on any atom is -0.440 e. The number of aryl methyl sites for hydroxylation is 1. The summed E-state index contributed by atoms with van der Waals surface area (Å²) >= 11 is 0. The Labute approximate surface area is 110 Å². The Morgan fingerprint density at radius 2 is 1.89 bits per heavy atom. The van der Waals surface area contributed by atoms with Gasteiger partial charge in [0.05, 0.1) is 0 Å². The van der Waals surface area contributed by atoms with Crippen LogP contribution in [0.15, 0.2) is 30.3 Å². The van der Waals surface area contributed by atoms with E-state index >= 15 is 0 Å². The quantitative estimate of drug-likeness (QED) is 0.825. The molecule has 0 aliphatic heterocycles. The summed E-state index contributed by atoms with van der Waals surface area (Å²) in [7, 11) is 1.42. The van der Waals surface area contributed by atoms with Crippen LogP contribution in [0.25, 0.3) is 0 Å². The molecule has 0 heterocycles. The van der Waals surface area contributed by atoms with Crippen molar-refractivity contribution in [2.24, 2.45) is 0 Å². The van der Waals surface area contributed by atoms with Crippen LogP contribution in [-0.4, -0.2) is 37.4 Å². The van der Waals surface area contributed by atoms with Gasteiger partial charge in [-0.1, -0.05) is 30.3 Å². The Morgan fingerprint density at radius 3 is 2.47 bits per heavy atom. The lowest BCUT2D eigenvalue weighted by atomic mass is 10.1. The van der Waals surface area contributed by atoms with Gasteiger partial charge in [0.1, 0.15) is 0 Å². The molecule has 3 nitrogen and oxygen atoms in total. The second-order valence-electron chi connectivity index (χ2n) is 4.18. The molecule has 19 heavy (non-hydrogen) atoms. The van der Waals surface area contributed by atoms with E-state index in [4.69, 9.17) is 0 Å².